The van der Waals surface area contributed by atoms with E-state index in [0.717, 1.165) is 16.3 Å². The maximum atomic E-state index is 12.1. The minimum Gasteiger partial charge on any atom is -0.466 e. The van der Waals surface area contributed by atoms with Crippen LogP contribution in [-0.4, -0.2) is 33.9 Å². The minimum absolute atomic E-state index is 0.144. The van der Waals surface area contributed by atoms with E-state index in [-0.39, 0.29) is 18.5 Å². The lowest BCUT2D eigenvalue weighted by Crippen LogP contribution is -2.20. The van der Waals surface area contributed by atoms with E-state index in [2.05, 4.69) is 15.9 Å². The van der Waals surface area contributed by atoms with Gasteiger partial charge in [-0.25, -0.2) is 0 Å². The molecule has 0 aromatic heterocycles. The summed E-state index contributed by atoms with van der Waals surface area (Å²) in [5.74, 6) is -0.445. The Labute approximate surface area is 146 Å². The number of hydrogen-bond donors (Lipinski definition) is 0. The molecule has 0 radical (unpaired) electrons. The zero-order valence-corrected chi connectivity index (χ0v) is 15.9. The fourth-order valence-electron chi connectivity index (χ4n) is 2.21. The summed E-state index contributed by atoms with van der Waals surface area (Å²) in [6.45, 7) is 2.28. The first-order valence-corrected chi connectivity index (χ1v) is 10.2. The number of carbonyl (C=O) groups is 1. The summed E-state index contributed by atoms with van der Waals surface area (Å²) in [6, 6.07) is 7.83. The molecule has 0 saturated carbocycles. The molecule has 23 heavy (non-hydrogen) atoms. The van der Waals surface area contributed by atoms with Crippen LogP contribution in [0.4, 0.5) is 0 Å². The van der Waals surface area contributed by atoms with Gasteiger partial charge in [0.25, 0.3) is 10.1 Å². The third kappa shape index (κ3) is 9.07. The second-order valence-corrected chi connectivity index (χ2v) is 7.86. The molecular formula is C16H23BrO5S. The van der Waals surface area contributed by atoms with Gasteiger partial charge in [0.1, 0.15) is 0 Å². The van der Waals surface area contributed by atoms with E-state index in [9.17, 15) is 13.2 Å². The van der Waals surface area contributed by atoms with Crippen molar-refractivity contribution in [3.63, 3.8) is 0 Å². The lowest BCUT2D eigenvalue weighted by molar-refractivity contribution is -0.148. The van der Waals surface area contributed by atoms with Crippen LogP contribution in [0, 0.1) is 5.92 Å². The van der Waals surface area contributed by atoms with Crippen molar-refractivity contribution in [3.8, 4) is 0 Å². The average Bonchev–Trinajstić information content (AvgIpc) is 2.45. The number of benzene rings is 1. The van der Waals surface area contributed by atoms with Crippen LogP contribution in [0.25, 0.3) is 0 Å². The Morgan fingerprint density at radius 1 is 1.30 bits per heavy atom. The summed E-state index contributed by atoms with van der Waals surface area (Å²) >= 11 is 3.42. The summed E-state index contributed by atoms with van der Waals surface area (Å²) < 4.78 is 32.6. The van der Waals surface area contributed by atoms with Crippen LogP contribution < -0.4 is 0 Å². The molecule has 0 aliphatic rings. The molecule has 1 aromatic rings. The number of halogens is 1. The highest BCUT2D eigenvalue weighted by Gasteiger charge is 2.20. The van der Waals surface area contributed by atoms with E-state index in [1.165, 1.54) is 0 Å². The topological polar surface area (TPSA) is 69.7 Å². The summed E-state index contributed by atoms with van der Waals surface area (Å²) in [6.07, 6.45) is 3.56. The first-order chi connectivity index (χ1) is 10.8. The Morgan fingerprint density at radius 3 is 2.65 bits per heavy atom. The van der Waals surface area contributed by atoms with Crippen molar-refractivity contribution < 1.29 is 22.1 Å². The molecule has 1 unspecified atom stereocenters. The molecule has 0 fully saturated rings. The van der Waals surface area contributed by atoms with Gasteiger partial charge in [0.15, 0.2) is 0 Å². The Bertz CT molecular complexity index is 600. The second kappa shape index (κ2) is 10.1. The Balaban J connectivity index is 2.54. The van der Waals surface area contributed by atoms with Crippen molar-refractivity contribution >= 4 is 32.0 Å². The Hall–Kier alpha value is -0.920. The van der Waals surface area contributed by atoms with Crippen LogP contribution in [0.15, 0.2) is 28.7 Å². The quantitative estimate of drug-likeness (QED) is 0.338. The third-order valence-corrected chi connectivity index (χ3v) is 4.32. The van der Waals surface area contributed by atoms with Gasteiger partial charge in [0, 0.05) is 4.47 Å². The van der Waals surface area contributed by atoms with E-state index in [4.69, 9.17) is 8.92 Å². The SMILES string of the molecule is CCOC(=O)C(CCCCOS(C)(=O)=O)Cc1cccc(Br)c1. The molecule has 0 aliphatic heterocycles. The van der Waals surface area contributed by atoms with Crippen LogP contribution in [0.5, 0.6) is 0 Å². The first kappa shape index (κ1) is 20.1. The maximum absolute atomic E-state index is 12.1. The summed E-state index contributed by atoms with van der Waals surface area (Å²) in [5, 5.41) is 0. The van der Waals surface area contributed by atoms with Crippen molar-refractivity contribution in [1.29, 1.82) is 0 Å². The highest BCUT2D eigenvalue weighted by molar-refractivity contribution is 9.10. The van der Waals surface area contributed by atoms with Gasteiger partial charge in [0.05, 0.1) is 25.4 Å². The van der Waals surface area contributed by atoms with Crippen molar-refractivity contribution in [2.24, 2.45) is 5.92 Å². The van der Waals surface area contributed by atoms with Gasteiger partial charge in [0.2, 0.25) is 0 Å². The van der Waals surface area contributed by atoms with E-state index in [1.54, 1.807) is 6.92 Å². The normalized spacial score (nSPS) is 12.8. The predicted octanol–water partition coefficient (Wildman–Crippen LogP) is 3.32. The van der Waals surface area contributed by atoms with Gasteiger partial charge >= 0.3 is 5.97 Å². The van der Waals surface area contributed by atoms with E-state index in [0.29, 0.717) is 32.3 Å². The van der Waals surface area contributed by atoms with Crippen LogP contribution in [0.1, 0.15) is 31.7 Å². The zero-order valence-electron chi connectivity index (χ0n) is 13.5. The number of hydrogen-bond acceptors (Lipinski definition) is 5. The van der Waals surface area contributed by atoms with Crippen molar-refractivity contribution in [1.82, 2.24) is 0 Å². The summed E-state index contributed by atoms with van der Waals surface area (Å²) in [5.41, 5.74) is 1.06. The molecule has 130 valence electrons. The number of unbranched alkanes of at least 4 members (excludes halogenated alkanes) is 1. The monoisotopic (exact) mass is 406 g/mol. The molecule has 0 heterocycles. The molecule has 0 bridgehead atoms. The standard InChI is InChI=1S/C16H23BrO5S/c1-3-21-16(18)14(8-4-5-10-22-23(2,19)20)11-13-7-6-9-15(17)12-13/h6-7,9,12,14H,3-5,8,10-11H2,1-2H3. The van der Waals surface area contributed by atoms with Gasteiger partial charge < -0.3 is 4.74 Å². The highest BCUT2D eigenvalue weighted by atomic mass is 79.9. The molecule has 0 N–H and O–H groups in total. The highest BCUT2D eigenvalue weighted by Crippen LogP contribution is 2.20. The third-order valence-electron chi connectivity index (χ3n) is 3.24. The number of rotatable bonds is 10. The Morgan fingerprint density at radius 2 is 2.04 bits per heavy atom. The molecule has 0 spiro atoms. The fourth-order valence-corrected chi connectivity index (χ4v) is 3.08. The lowest BCUT2D eigenvalue weighted by Gasteiger charge is -2.15. The number of carbonyl (C=O) groups excluding carboxylic acids is 1. The maximum Gasteiger partial charge on any atom is 0.309 e. The first-order valence-electron chi connectivity index (χ1n) is 7.57. The van der Waals surface area contributed by atoms with Gasteiger partial charge in [-0.2, -0.15) is 8.42 Å². The van der Waals surface area contributed by atoms with E-state index in [1.807, 2.05) is 24.3 Å². The molecule has 1 aromatic carbocycles. The average molecular weight is 407 g/mol. The molecule has 0 amide bonds. The molecule has 0 saturated heterocycles. The smallest absolute Gasteiger partial charge is 0.309 e. The van der Waals surface area contributed by atoms with Gasteiger partial charge in [-0.15, -0.1) is 0 Å². The van der Waals surface area contributed by atoms with E-state index < -0.39 is 10.1 Å². The molecular weight excluding hydrogens is 384 g/mol. The number of esters is 1. The molecule has 1 atom stereocenters. The van der Waals surface area contributed by atoms with Crippen LogP contribution in [0.3, 0.4) is 0 Å². The van der Waals surface area contributed by atoms with Gasteiger partial charge in [-0.1, -0.05) is 34.5 Å². The van der Waals surface area contributed by atoms with Crippen molar-refractivity contribution in [2.75, 3.05) is 19.5 Å². The fraction of sp³-hybridized carbons (Fsp3) is 0.562. The van der Waals surface area contributed by atoms with Crippen LogP contribution >= 0.6 is 15.9 Å². The molecule has 0 aliphatic carbocycles. The molecule has 5 nitrogen and oxygen atoms in total. The summed E-state index contributed by atoms with van der Waals surface area (Å²) in [4.78, 5) is 12.1. The lowest BCUT2D eigenvalue weighted by atomic mass is 9.94. The Kier molecular flexibility index (Phi) is 8.79. The largest absolute Gasteiger partial charge is 0.466 e. The van der Waals surface area contributed by atoms with E-state index >= 15 is 0 Å². The summed E-state index contributed by atoms with van der Waals surface area (Å²) in [7, 11) is -3.40. The van der Waals surface area contributed by atoms with Crippen molar-refractivity contribution in [3.05, 3.63) is 34.3 Å². The number of ether oxygens (including phenoxy) is 1. The predicted molar refractivity (Wildman–Crippen MR) is 92.6 cm³/mol. The van der Waals surface area contributed by atoms with Crippen LogP contribution in [-0.2, 0) is 30.3 Å². The van der Waals surface area contributed by atoms with Gasteiger partial charge in [-0.05, 0) is 43.9 Å². The zero-order chi connectivity index (χ0) is 17.3. The minimum atomic E-state index is -3.40. The molecule has 7 heteroatoms. The molecule has 1 rings (SSSR count). The van der Waals surface area contributed by atoms with Crippen molar-refractivity contribution in [2.45, 2.75) is 32.6 Å². The van der Waals surface area contributed by atoms with Crippen LogP contribution in [0.2, 0.25) is 0 Å². The second-order valence-electron chi connectivity index (χ2n) is 5.30. The van der Waals surface area contributed by atoms with Gasteiger partial charge in [-0.3, -0.25) is 8.98 Å².